The lowest BCUT2D eigenvalue weighted by Crippen LogP contribution is -2.40. The van der Waals surface area contributed by atoms with Gasteiger partial charge in [-0.25, -0.2) is 9.59 Å². The van der Waals surface area contributed by atoms with Gasteiger partial charge in [-0.05, 0) is 36.8 Å². The van der Waals surface area contributed by atoms with E-state index in [1.807, 2.05) is 18.2 Å². The first-order valence-electron chi connectivity index (χ1n) is 8.73. The molecule has 4 rings (SSSR count). The Morgan fingerprint density at radius 1 is 1.14 bits per heavy atom. The van der Waals surface area contributed by atoms with Gasteiger partial charge in [-0.2, -0.15) is 0 Å². The molecule has 1 atom stereocenters. The fraction of sp³-hybridized carbons (Fsp3) is 0.190. The minimum atomic E-state index is -1.30. The van der Waals surface area contributed by atoms with Gasteiger partial charge in [-0.1, -0.05) is 30.3 Å². The second-order valence-electron chi connectivity index (χ2n) is 6.79. The SMILES string of the molecule is COC(=O)c1cccc(CN2C(=O)NC(C)(c3cc4ccccc4o3)C2=O)c1. The molecule has 1 fully saturated rings. The number of fused-ring (bicyclic) bond motifs is 1. The van der Waals surface area contributed by atoms with Gasteiger partial charge in [0.2, 0.25) is 0 Å². The summed E-state index contributed by atoms with van der Waals surface area (Å²) in [5, 5.41) is 3.58. The van der Waals surface area contributed by atoms with Crippen LogP contribution in [-0.4, -0.2) is 29.9 Å². The van der Waals surface area contributed by atoms with E-state index in [2.05, 4.69) is 5.32 Å². The van der Waals surface area contributed by atoms with E-state index < -0.39 is 23.4 Å². The maximum absolute atomic E-state index is 13.1. The van der Waals surface area contributed by atoms with Gasteiger partial charge in [0.1, 0.15) is 11.3 Å². The molecular weight excluding hydrogens is 360 g/mol. The molecule has 1 aliphatic rings. The monoisotopic (exact) mass is 378 g/mol. The Morgan fingerprint density at radius 2 is 1.93 bits per heavy atom. The van der Waals surface area contributed by atoms with Crippen LogP contribution >= 0.6 is 0 Å². The first-order valence-corrected chi connectivity index (χ1v) is 8.73. The molecule has 1 aliphatic heterocycles. The zero-order valence-electron chi connectivity index (χ0n) is 15.4. The largest absolute Gasteiger partial charge is 0.465 e. The lowest BCUT2D eigenvalue weighted by molar-refractivity contribution is -0.132. The first-order chi connectivity index (χ1) is 13.4. The number of amides is 3. The van der Waals surface area contributed by atoms with E-state index in [9.17, 15) is 14.4 Å². The van der Waals surface area contributed by atoms with Gasteiger partial charge < -0.3 is 14.5 Å². The normalized spacial score (nSPS) is 19.1. The first kappa shape index (κ1) is 17.8. The van der Waals surface area contributed by atoms with Gasteiger partial charge in [0.25, 0.3) is 5.91 Å². The summed E-state index contributed by atoms with van der Waals surface area (Å²) in [6.45, 7) is 1.65. The molecule has 3 aromatic rings. The molecular formula is C21H18N2O5. The van der Waals surface area contributed by atoms with E-state index in [4.69, 9.17) is 9.15 Å². The third kappa shape index (κ3) is 2.81. The molecule has 28 heavy (non-hydrogen) atoms. The lowest BCUT2D eigenvalue weighted by Gasteiger charge is -2.19. The maximum Gasteiger partial charge on any atom is 0.337 e. The van der Waals surface area contributed by atoms with Gasteiger partial charge in [0, 0.05) is 5.39 Å². The minimum absolute atomic E-state index is 0.0331. The van der Waals surface area contributed by atoms with Crippen LogP contribution in [0.2, 0.25) is 0 Å². The van der Waals surface area contributed by atoms with Crippen molar-refractivity contribution < 1.29 is 23.5 Å². The van der Waals surface area contributed by atoms with Crippen molar-refractivity contribution in [3.63, 3.8) is 0 Å². The second kappa shape index (κ2) is 6.53. The van der Waals surface area contributed by atoms with Crippen molar-refractivity contribution in [2.24, 2.45) is 0 Å². The summed E-state index contributed by atoms with van der Waals surface area (Å²) in [5.74, 6) is -0.524. The van der Waals surface area contributed by atoms with Crippen LogP contribution in [0.1, 0.15) is 28.6 Å². The number of methoxy groups -OCH3 is 1. The zero-order chi connectivity index (χ0) is 19.9. The number of esters is 1. The summed E-state index contributed by atoms with van der Waals surface area (Å²) in [6, 6.07) is 15.3. The average Bonchev–Trinajstić information content (AvgIpc) is 3.23. The van der Waals surface area contributed by atoms with Crippen molar-refractivity contribution >= 4 is 28.9 Å². The Kier molecular flexibility index (Phi) is 4.15. The van der Waals surface area contributed by atoms with E-state index in [1.54, 1.807) is 43.3 Å². The predicted octanol–water partition coefficient (Wildman–Crippen LogP) is 3.19. The summed E-state index contributed by atoms with van der Waals surface area (Å²) in [4.78, 5) is 38.4. The Balaban J connectivity index is 1.63. The molecule has 3 amide bonds. The number of carbonyl (C=O) groups excluding carboxylic acids is 3. The zero-order valence-corrected chi connectivity index (χ0v) is 15.4. The number of para-hydroxylation sites is 1. The van der Waals surface area contributed by atoms with Gasteiger partial charge in [-0.3, -0.25) is 9.69 Å². The average molecular weight is 378 g/mol. The number of rotatable bonds is 4. The van der Waals surface area contributed by atoms with E-state index in [1.165, 1.54) is 7.11 Å². The van der Waals surface area contributed by atoms with Gasteiger partial charge >= 0.3 is 12.0 Å². The summed E-state index contributed by atoms with van der Waals surface area (Å²) in [5.41, 5.74) is 0.341. The van der Waals surface area contributed by atoms with Crippen LogP contribution in [0.5, 0.6) is 0 Å². The number of carbonyl (C=O) groups is 3. The Bertz CT molecular complexity index is 1070. The number of benzene rings is 2. The van der Waals surface area contributed by atoms with Crippen LogP contribution in [0.3, 0.4) is 0 Å². The maximum atomic E-state index is 13.1. The minimum Gasteiger partial charge on any atom is -0.465 e. The Labute approximate surface area is 160 Å². The molecule has 1 unspecified atom stereocenters. The molecule has 1 N–H and O–H groups in total. The third-order valence-corrected chi connectivity index (χ3v) is 4.88. The Morgan fingerprint density at radius 3 is 2.68 bits per heavy atom. The van der Waals surface area contributed by atoms with Crippen LogP contribution in [0.15, 0.2) is 59.0 Å². The predicted molar refractivity (Wildman–Crippen MR) is 100 cm³/mol. The van der Waals surface area contributed by atoms with Crippen LogP contribution in [0.25, 0.3) is 11.0 Å². The molecule has 1 saturated heterocycles. The van der Waals surface area contributed by atoms with Crippen molar-refractivity contribution in [1.29, 1.82) is 0 Å². The summed E-state index contributed by atoms with van der Waals surface area (Å²) in [7, 11) is 1.30. The summed E-state index contributed by atoms with van der Waals surface area (Å²) < 4.78 is 10.5. The highest BCUT2D eigenvalue weighted by Gasteiger charge is 2.51. The Hall–Kier alpha value is -3.61. The number of hydrogen-bond donors (Lipinski definition) is 1. The van der Waals surface area contributed by atoms with Crippen LogP contribution in [-0.2, 0) is 21.6 Å². The van der Waals surface area contributed by atoms with Gasteiger partial charge in [-0.15, -0.1) is 0 Å². The van der Waals surface area contributed by atoms with Crippen molar-refractivity contribution in [3.8, 4) is 0 Å². The molecule has 142 valence electrons. The highest BCUT2D eigenvalue weighted by atomic mass is 16.5. The highest BCUT2D eigenvalue weighted by Crippen LogP contribution is 2.33. The van der Waals surface area contributed by atoms with Gasteiger partial charge in [0.15, 0.2) is 5.54 Å². The van der Waals surface area contributed by atoms with Crippen LogP contribution < -0.4 is 5.32 Å². The molecule has 1 aromatic heterocycles. The summed E-state index contributed by atoms with van der Waals surface area (Å²) in [6.07, 6.45) is 0. The van der Waals surface area contributed by atoms with Crippen LogP contribution in [0.4, 0.5) is 4.79 Å². The van der Waals surface area contributed by atoms with Crippen molar-refractivity contribution in [3.05, 3.63) is 71.5 Å². The fourth-order valence-electron chi connectivity index (χ4n) is 3.33. The van der Waals surface area contributed by atoms with E-state index in [-0.39, 0.29) is 6.54 Å². The van der Waals surface area contributed by atoms with Crippen molar-refractivity contribution in [1.82, 2.24) is 10.2 Å². The number of urea groups is 1. The van der Waals surface area contributed by atoms with E-state index >= 15 is 0 Å². The number of imide groups is 1. The molecule has 0 aliphatic carbocycles. The standard InChI is InChI=1S/C21H18N2O5/c1-21(17-11-14-7-3-4-9-16(14)28-17)19(25)23(20(26)22-21)12-13-6-5-8-15(10-13)18(24)27-2/h3-11H,12H2,1-2H3,(H,22,26). The molecule has 0 saturated carbocycles. The number of ether oxygens (including phenoxy) is 1. The van der Waals surface area contributed by atoms with E-state index in [0.717, 1.165) is 10.3 Å². The molecule has 7 nitrogen and oxygen atoms in total. The molecule has 0 radical (unpaired) electrons. The number of nitrogens with zero attached hydrogens (tertiary/aromatic N) is 1. The van der Waals surface area contributed by atoms with Crippen molar-refractivity contribution in [2.45, 2.75) is 19.0 Å². The van der Waals surface area contributed by atoms with Crippen LogP contribution in [0, 0.1) is 0 Å². The molecule has 0 spiro atoms. The summed E-state index contributed by atoms with van der Waals surface area (Å²) >= 11 is 0. The quantitative estimate of drug-likeness (QED) is 0.556. The van der Waals surface area contributed by atoms with Gasteiger partial charge in [0.05, 0.1) is 19.2 Å². The fourth-order valence-corrected chi connectivity index (χ4v) is 3.33. The smallest absolute Gasteiger partial charge is 0.337 e. The number of furan rings is 1. The highest BCUT2D eigenvalue weighted by molar-refractivity contribution is 6.07. The molecule has 2 aromatic carbocycles. The molecule has 2 heterocycles. The third-order valence-electron chi connectivity index (χ3n) is 4.88. The molecule has 7 heteroatoms. The number of hydrogen-bond acceptors (Lipinski definition) is 5. The lowest BCUT2D eigenvalue weighted by atomic mass is 9.98. The number of nitrogens with one attached hydrogen (secondary N) is 1. The van der Waals surface area contributed by atoms with Crippen molar-refractivity contribution in [2.75, 3.05) is 7.11 Å². The van der Waals surface area contributed by atoms with E-state index in [0.29, 0.717) is 22.5 Å². The molecule has 0 bridgehead atoms. The topological polar surface area (TPSA) is 88.8 Å². The second-order valence-corrected chi connectivity index (χ2v) is 6.79.